The molecule has 0 radical (unpaired) electrons. The summed E-state index contributed by atoms with van der Waals surface area (Å²) in [5.41, 5.74) is 2.10. The molecule has 12 heteroatoms. The van der Waals surface area contributed by atoms with E-state index in [1.165, 1.54) is 11.7 Å². The summed E-state index contributed by atoms with van der Waals surface area (Å²) in [6.07, 6.45) is 2.11. The van der Waals surface area contributed by atoms with Crippen molar-refractivity contribution in [2.24, 2.45) is 0 Å². The molecule has 9 nitrogen and oxygen atoms in total. The zero-order valence-corrected chi connectivity index (χ0v) is 20.2. The molecule has 0 aliphatic rings. The first kappa shape index (κ1) is 26.1. The van der Waals surface area contributed by atoms with E-state index in [1.807, 2.05) is 12.1 Å². The van der Waals surface area contributed by atoms with Crippen molar-refractivity contribution >= 4 is 30.9 Å². The van der Waals surface area contributed by atoms with Gasteiger partial charge in [0.1, 0.15) is 6.73 Å². The van der Waals surface area contributed by atoms with Crippen molar-refractivity contribution < 1.29 is 87.5 Å². The van der Waals surface area contributed by atoms with E-state index in [2.05, 4.69) is 26.5 Å². The molecular formula is C14H18N3Na2O6P. The fourth-order valence-electron chi connectivity index (χ4n) is 2.20. The van der Waals surface area contributed by atoms with Crippen LogP contribution in [0, 0.1) is 0 Å². The van der Waals surface area contributed by atoms with Gasteiger partial charge in [-0.1, -0.05) is 19.4 Å². The van der Waals surface area contributed by atoms with Gasteiger partial charge in [-0.3, -0.25) is 9.88 Å². The van der Waals surface area contributed by atoms with Gasteiger partial charge < -0.3 is 23.6 Å². The summed E-state index contributed by atoms with van der Waals surface area (Å²) >= 11 is 0. The number of hydrogen-bond donors (Lipinski definition) is 1. The third kappa shape index (κ3) is 7.59. The summed E-state index contributed by atoms with van der Waals surface area (Å²) in [5, 5.41) is 2.37. The first-order valence-corrected chi connectivity index (χ1v) is 8.81. The average Bonchev–Trinajstić information content (AvgIpc) is 2.86. The molecule has 0 bridgehead atoms. The summed E-state index contributed by atoms with van der Waals surface area (Å²) < 4.78 is 20.9. The minimum atomic E-state index is -5.17. The predicted octanol–water partition coefficient (Wildman–Crippen LogP) is -4.63. The number of unbranched alkanes of at least 4 members (excludes halogenated alkanes) is 1. The maximum absolute atomic E-state index is 11.4. The molecule has 1 amide bonds. The number of aryl methyl sites for hydroxylation is 1. The minimum Gasteiger partial charge on any atom is -0.790 e. The number of ether oxygens (including phenoxy) is 1. The first-order chi connectivity index (χ1) is 11.3. The monoisotopic (exact) mass is 401 g/mol. The molecule has 1 heterocycles. The van der Waals surface area contributed by atoms with Crippen LogP contribution in [0.15, 0.2) is 18.2 Å². The number of rotatable bonds is 7. The van der Waals surface area contributed by atoms with Crippen LogP contribution in [0.3, 0.4) is 0 Å². The summed E-state index contributed by atoms with van der Waals surface area (Å²) in [7, 11) is -3.98. The number of hydrogen-bond acceptors (Lipinski definition) is 7. The number of benzene rings is 1. The number of amides is 1. The van der Waals surface area contributed by atoms with Gasteiger partial charge in [-0.25, -0.2) is 9.78 Å². The smallest absolute Gasteiger partial charge is 0.790 e. The van der Waals surface area contributed by atoms with Gasteiger partial charge in [0.05, 0.1) is 26.0 Å². The van der Waals surface area contributed by atoms with E-state index < -0.39 is 20.6 Å². The van der Waals surface area contributed by atoms with Crippen LogP contribution < -0.4 is 74.2 Å². The largest absolute Gasteiger partial charge is 1.00 e. The van der Waals surface area contributed by atoms with Crippen molar-refractivity contribution in [2.75, 3.05) is 12.4 Å². The normalized spacial score (nSPS) is 10.8. The zero-order valence-electron chi connectivity index (χ0n) is 15.4. The van der Waals surface area contributed by atoms with Gasteiger partial charge in [0.15, 0.2) is 0 Å². The molecule has 0 saturated carbocycles. The van der Waals surface area contributed by atoms with Crippen LogP contribution in [0.25, 0.3) is 11.0 Å². The molecule has 0 aliphatic carbocycles. The van der Waals surface area contributed by atoms with Crippen molar-refractivity contribution in [3.05, 3.63) is 23.8 Å². The molecule has 0 aliphatic heterocycles. The van der Waals surface area contributed by atoms with Gasteiger partial charge in [0, 0.05) is 0 Å². The van der Waals surface area contributed by atoms with Crippen LogP contribution in [0.2, 0.25) is 0 Å². The third-order valence-electron chi connectivity index (χ3n) is 3.38. The van der Waals surface area contributed by atoms with E-state index >= 15 is 0 Å². The predicted molar refractivity (Wildman–Crippen MR) is 83.1 cm³/mol. The summed E-state index contributed by atoms with van der Waals surface area (Å²) in [6, 6.07) is 5.49. The minimum absolute atomic E-state index is 0. The molecule has 0 spiro atoms. The second-order valence-corrected chi connectivity index (χ2v) is 6.26. The maximum atomic E-state index is 11.4. The molecule has 0 unspecified atom stereocenters. The van der Waals surface area contributed by atoms with Crippen molar-refractivity contribution in [1.82, 2.24) is 9.55 Å². The van der Waals surface area contributed by atoms with E-state index in [-0.39, 0.29) is 65.1 Å². The fourth-order valence-corrected chi connectivity index (χ4v) is 2.46. The Morgan fingerprint density at radius 2 is 2.04 bits per heavy atom. The van der Waals surface area contributed by atoms with Gasteiger partial charge in [-0.2, -0.15) is 0 Å². The maximum Gasteiger partial charge on any atom is 1.00 e. The van der Waals surface area contributed by atoms with Crippen molar-refractivity contribution in [3.63, 3.8) is 0 Å². The molecular weight excluding hydrogens is 383 g/mol. The third-order valence-corrected chi connectivity index (χ3v) is 3.81. The number of nitrogens with one attached hydrogen (secondary N) is 1. The van der Waals surface area contributed by atoms with Gasteiger partial charge in [0.25, 0.3) is 0 Å². The number of aromatic nitrogens is 2. The number of carbonyl (C=O) groups excluding carboxylic acids is 1. The van der Waals surface area contributed by atoms with Crippen LogP contribution in [0.1, 0.15) is 25.3 Å². The van der Waals surface area contributed by atoms with Gasteiger partial charge in [-0.15, -0.1) is 0 Å². The number of fused-ring (bicyclic) bond motifs is 1. The standard InChI is InChI=1S/C14H20N3O6P.2Na/c1-3-4-5-10-6-7-11-12(8-10)17(9-23-24(19,20)21)13(15-11)16-14(18)22-2;;/h6-8H,3-5,9H2,1-2H3,(H,15,16,18)(H2,19,20,21);;/q;2*+1/p-2. The van der Waals surface area contributed by atoms with E-state index in [0.717, 1.165) is 24.8 Å². The molecule has 26 heavy (non-hydrogen) atoms. The average molecular weight is 401 g/mol. The molecule has 132 valence electrons. The first-order valence-electron chi connectivity index (χ1n) is 7.34. The van der Waals surface area contributed by atoms with Crippen molar-refractivity contribution in [2.45, 2.75) is 32.9 Å². The number of phosphoric ester groups is 1. The Hall–Kier alpha value is 0.0700. The summed E-state index contributed by atoms with van der Waals surface area (Å²) in [4.78, 5) is 37.1. The number of anilines is 1. The quantitative estimate of drug-likeness (QED) is 0.365. The molecule has 0 atom stereocenters. The number of imidazole rings is 1. The van der Waals surface area contributed by atoms with E-state index in [1.54, 1.807) is 6.07 Å². The molecule has 1 aromatic heterocycles. The Morgan fingerprint density at radius 3 is 2.62 bits per heavy atom. The zero-order chi connectivity index (χ0) is 17.7. The van der Waals surface area contributed by atoms with Crippen LogP contribution in [0.5, 0.6) is 0 Å². The number of carbonyl (C=O) groups is 1. The van der Waals surface area contributed by atoms with E-state index in [4.69, 9.17) is 0 Å². The van der Waals surface area contributed by atoms with Gasteiger partial charge in [0.2, 0.25) is 5.95 Å². The van der Waals surface area contributed by atoms with Crippen LogP contribution >= 0.6 is 7.82 Å². The molecule has 2 aromatic rings. The molecule has 0 saturated heterocycles. The Bertz CT molecular complexity index is 779. The summed E-state index contributed by atoms with van der Waals surface area (Å²) in [6.45, 7) is 1.49. The topological polar surface area (TPSA) is 129 Å². The van der Waals surface area contributed by atoms with Gasteiger partial charge in [-0.05, 0) is 30.5 Å². The Morgan fingerprint density at radius 1 is 1.35 bits per heavy atom. The molecule has 2 rings (SSSR count). The van der Waals surface area contributed by atoms with E-state index in [0.29, 0.717) is 11.0 Å². The van der Waals surface area contributed by atoms with Crippen LogP contribution in [-0.4, -0.2) is 22.8 Å². The van der Waals surface area contributed by atoms with Crippen molar-refractivity contribution in [1.29, 1.82) is 0 Å². The van der Waals surface area contributed by atoms with Crippen LogP contribution in [-0.2, 0) is 27.0 Å². The van der Waals surface area contributed by atoms with E-state index in [9.17, 15) is 19.1 Å². The number of methoxy groups -OCH3 is 1. The van der Waals surface area contributed by atoms with Crippen molar-refractivity contribution in [3.8, 4) is 0 Å². The summed E-state index contributed by atoms with van der Waals surface area (Å²) in [5.74, 6) is 0.0259. The fraction of sp³-hybridized carbons (Fsp3) is 0.429. The number of nitrogens with zero attached hydrogens (tertiary/aromatic N) is 2. The second kappa shape index (κ2) is 11.8. The van der Waals surface area contributed by atoms with Crippen LogP contribution in [0.4, 0.5) is 10.7 Å². The Kier molecular flexibility index (Phi) is 11.8. The molecule has 1 N–H and O–H groups in total. The Balaban J connectivity index is 0.00000312. The van der Waals surface area contributed by atoms with Gasteiger partial charge >= 0.3 is 65.2 Å². The number of phosphoric acid groups is 1. The SMILES string of the molecule is CCCCc1ccc2nc(NC(=O)OC)n(COP(=O)([O-])[O-])c2c1.[Na+].[Na+]. The molecule has 1 aromatic carbocycles. The second-order valence-electron chi connectivity index (χ2n) is 5.11. The molecule has 0 fully saturated rings. The Labute approximate surface area is 195 Å².